The molecular weight excluding hydrogens is 460 g/mol. The Bertz CT molecular complexity index is 1060. The molecule has 0 unspecified atom stereocenters. The highest BCUT2D eigenvalue weighted by molar-refractivity contribution is 7.09. The average molecular weight is 488 g/mol. The minimum Gasteiger partial charge on any atom is -0.385 e. The molecule has 0 aliphatic carbocycles. The second-order valence-corrected chi connectivity index (χ2v) is 8.67. The highest BCUT2D eigenvalue weighted by Gasteiger charge is 2.23. The number of amides is 3. The molecule has 34 heavy (non-hydrogen) atoms. The van der Waals surface area contributed by atoms with E-state index in [1.165, 1.54) is 46.6 Å². The van der Waals surface area contributed by atoms with Gasteiger partial charge in [-0.3, -0.25) is 4.79 Å². The number of nitrogens with zero attached hydrogens (tertiary/aromatic N) is 2. The van der Waals surface area contributed by atoms with Crippen LogP contribution >= 0.6 is 11.3 Å². The standard InChI is InChI=1S/C25H27F2N3O3S/c1-33-14-5-13-29(25(32)28-23-8-3-2-7-22(23)27)18-24(31)30(17-21-6-4-15-34-21)16-19-9-11-20(26)12-10-19/h2-4,6-12,15H,5,13-14,16-18H2,1H3,(H,28,32). The van der Waals surface area contributed by atoms with Gasteiger partial charge in [0.2, 0.25) is 5.91 Å². The van der Waals surface area contributed by atoms with Gasteiger partial charge in [0.05, 0.1) is 12.2 Å². The zero-order valence-corrected chi connectivity index (χ0v) is 19.7. The maximum atomic E-state index is 14.0. The monoisotopic (exact) mass is 487 g/mol. The summed E-state index contributed by atoms with van der Waals surface area (Å²) in [5, 5.41) is 4.47. The van der Waals surface area contributed by atoms with Gasteiger partial charge in [0.15, 0.2) is 0 Å². The van der Waals surface area contributed by atoms with E-state index in [4.69, 9.17) is 4.74 Å². The molecule has 0 saturated carbocycles. The van der Waals surface area contributed by atoms with Crippen LogP contribution < -0.4 is 5.32 Å². The lowest BCUT2D eigenvalue weighted by Crippen LogP contribution is -2.44. The van der Waals surface area contributed by atoms with E-state index in [2.05, 4.69) is 5.32 Å². The van der Waals surface area contributed by atoms with Gasteiger partial charge < -0.3 is 19.9 Å². The van der Waals surface area contributed by atoms with Crippen LogP contribution in [-0.2, 0) is 22.6 Å². The summed E-state index contributed by atoms with van der Waals surface area (Å²) in [5.74, 6) is -1.19. The van der Waals surface area contributed by atoms with Crippen molar-refractivity contribution in [3.63, 3.8) is 0 Å². The molecule has 3 rings (SSSR count). The number of halogens is 2. The Balaban J connectivity index is 1.75. The van der Waals surface area contributed by atoms with Gasteiger partial charge in [-0.15, -0.1) is 11.3 Å². The van der Waals surface area contributed by atoms with E-state index >= 15 is 0 Å². The second kappa shape index (κ2) is 12.8. The smallest absolute Gasteiger partial charge is 0.322 e. The zero-order chi connectivity index (χ0) is 24.3. The van der Waals surface area contributed by atoms with Crippen LogP contribution in [0.5, 0.6) is 0 Å². The average Bonchev–Trinajstić information content (AvgIpc) is 3.34. The van der Waals surface area contributed by atoms with Crippen molar-refractivity contribution < 1.29 is 23.1 Å². The first-order valence-electron chi connectivity index (χ1n) is 10.8. The number of ether oxygens (including phenoxy) is 1. The molecule has 0 saturated heterocycles. The third-order valence-corrected chi connectivity index (χ3v) is 5.93. The lowest BCUT2D eigenvalue weighted by Gasteiger charge is -2.28. The van der Waals surface area contributed by atoms with Gasteiger partial charge in [0.25, 0.3) is 0 Å². The molecule has 0 spiro atoms. The molecule has 0 aliphatic heterocycles. The maximum absolute atomic E-state index is 14.0. The molecule has 0 bridgehead atoms. The van der Waals surface area contributed by atoms with Crippen LogP contribution in [0, 0.1) is 11.6 Å². The van der Waals surface area contributed by atoms with Crippen molar-refractivity contribution >= 4 is 29.0 Å². The number of hydrogen-bond acceptors (Lipinski definition) is 4. The number of methoxy groups -OCH3 is 1. The minimum atomic E-state index is -0.576. The summed E-state index contributed by atoms with van der Waals surface area (Å²) in [7, 11) is 1.56. The van der Waals surface area contributed by atoms with Crippen molar-refractivity contribution in [1.29, 1.82) is 0 Å². The van der Waals surface area contributed by atoms with Crippen LogP contribution in [0.1, 0.15) is 16.9 Å². The number of nitrogens with one attached hydrogen (secondary N) is 1. The van der Waals surface area contributed by atoms with Gasteiger partial charge in [-0.2, -0.15) is 0 Å². The molecule has 0 radical (unpaired) electrons. The topological polar surface area (TPSA) is 61.9 Å². The molecule has 9 heteroatoms. The van der Waals surface area contributed by atoms with Crippen molar-refractivity contribution in [3.05, 3.63) is 88.1 Å². The molecule has 2 aromatic carbocycles. The number of anilines is 1. The summed E-state index contributed by atoms with van der Waals surface area (Å²) in [6.45, 7) is 1.08. The van der Waals surface area contributed by atoms with Crippen LogP contribution in [0.3, 0.4) is 0 Å². The molecule has 0 atom stereocenters. The van der Waals surface area contributed by atoms with E-state index in [-0.39, 0.29) is 37.0 Å². The number of urea groups is 1. The number of hydrogen-bond donors (Lipinski definition) is 1. The van der Waals surface area contributed by atoms with Gasteiger partial charge in [-0.05, 0) is 47.7 Å². The van der Waals surface area contributed by atoms with E-state index in [0.717, 1.165) is 10.4 Å². The van der Waals surface area contributed by atoms with Crippen LogP contribution in [0.25, 0.3) is 0 Å². The summed E-state index contributed by atoms with van der Waals surface area (Å²) in [4.78, 5) is 30.2. The number of carbonyl (C=O) groups is 2. The number of benzene rings is 2. The summed E-state index contributed by atoms with van der Waals surface area (Å²) in [6.07, 6.45) is 0.511. The van der Waals surface area contributed by atoms with Gasteiger partial charge in [0.1, 0.15) is 18.2 Å². The fraction of sp³-hybridized carbons (Fsp3) is 0.280. The predicted molar refractivity (Wildman–Crippen MR) is 128 cm³/mol. The van der Waals surface area contributed by atoms with Crippen molar-refractivity contribution in [3.8, 4) is 0 Å². The van der Waals surface area contributed by atoms with Gasteiger partial charge in [-0.1, -0.05) is 30.3 Å². The lowest BCUT2D eigenvalue weighted by atomic mass is 10.2. The van der Waals surface area contributed by atoms with Crippen LogP contribution in [0.15, 0.2) is 66.0 Å². The molecule has 0 aliphatic rings. The van der Waals surface area contributed by atoms with Gasteiger partial charge in [-0.25, -0.2) is 13.6 Å². The van der Waals surface area contributed by atoms with Gasteiger partial charge in [0, 0.05) is 31.7 Å². The second-order valence-electron chi connectivity index (χ2n) is 7.63. The highest BCUT2D eigenvalue weighted by atomic mass is 32.1. The lowest BCUT2D eigenvalue weighted by molar-refractivity contribution is -0.133. The SMILES string of the molecule is COCCCN(CC(=O)N(Cc1ccc(F)cc1)Cc1cccs1)C(=O)Nc1ccccc1F. The summed E-state index contributed by atoms with van der Waals surface area (Å²) < 4.78 is 32.5. The fourth-order valence-corrected chi connectivity index (χ4v) is 4.02. The molecular formula is C25H27F2N3O3S. The number of rotatable bonds is 11. The largest absolute Gasteiger partial charge is 0.385 e. The Morgan fingerprint density at radius 2 is 1.74 bits per heavy atom. The first-order chi connectivity index (χ1) is 16.5. The quantitative estimate of drug-likeness (QED) is 0.382. The Kier molecular flexibility index (Phi) is 9.54. The number of thiophene rings is 1. The third-order valence-electron chi connectivity index (χ3n) is 5.07. The molecule has 6 nitrogen and oxygen atoms in total. The first-order valence-corrected chi connectivity index (χ1v) is 11.7. The Hall–Kier alpha value is -3.30. The summed E-state index contributed by atoms with van der Waals surface area (Å²) >= 11 is 1.52. The van der Waals surface area contributed by atoms with Crippen LogP contribution in [0.2, 0.25) is 0 Å². The summed E-state index contributed by atoms with van der Waals surface area (Å²) in [6, 6.07) is 15.1. The van der Waals surface area contributed by atoms with Crippen molar-refractivity contribution in [2.45, 2.75) is 19.5 Å². The molecule has 1 aromatic heterocycles. The van der Waals surface area contributed by atoms with Crippen LogP contribution in [-0.4, -0.2) is 48.5 Å². The Morgan fingerprint density at radius 1 is 0.971 bits per heavy atom. The molecule has 1 N–H and O–H groups in total. The normalized spacial score (nSPS) is 10.7. The molecule has 1 heterocycles. The van der Waals surface area contributed by atoms with E-state index in [1.54, 1.807) is 30.2 Å². The zero-order valence-electron chi connectivity index (χ0n) is 18.9. The van der Waals surface area contributed by atoms with E-state index in [9.17, 15) is 18.4 Å². The summed E-state index contributed by atoms with van der Waals surface area (Å²) in [5.41, 5.74) is 0.812. The van der Waals surface area contributed by atoms with E-state index in [0.29, 0.717) is 19.6 Å². The third kappa shape index (κ3) is 7.64. The minimum absolute atomic E-state index is 0.0402. The maximum Gasteiger partial charge on any atom is 0.322 e. The Morgan fingerprint density at radius 3 is 2.41 bits per heavy atom. The van der Waals surface area contributed by atoms with Crippen molar-refractivity contribution in [2.24, 2.45) is 0 Å². The molecule has 0 fully saturated rings. The van der Waals surface area contributed by atoms with Crippen molar-refractivity contribution in [2.75, 3.05) is 32.1 Å². The van der Waals surface area contributed by atoms with E-state index in [1.807, 2.05) is 17.5 Å². The number of carbonyl (C=O) groups excluding carboxylic acids is 2. The predicted octanol–water partition coefficient (Wildman–Crippen LogP) is 5.13. The first kappa shape index (κ1) is 25.3. The Labute approximate surface area is 201 Å². The number of para-hydroxylation sites is 1. The highest BCUT2D eigenvalue weighted by Crippen LogP contribution is 2.17. The fourth-order valence-electron chi connectivity index (χ4n) is 3.31. The van der Waals surface area contributed by atoms with Gasteiger partial charge >= 0.3 is 6.03 Å². The van der Waals surface area contributed by atoms with E-state index < -0.39 is 11.8 Å². The molecule has 180 valence electrons. The van der Waals surface area contributed by atoms with Crippen molar-refractivity contribution in [1.82, 2.24) is 9.80 Å². The van der Waals surface area contributed by atoms with Crippen LogP contribution in [0.4, 0.5) is 19.3 Å². The molecule has 3 aromatic rings. The molecule has 3 amide bonds.